The van der Waals surface area contributed by atoms with Gasteiger partial charge in [0.2, 0.25) is 5.91 Å². The maximum absolute atomic E-state index is 13.5. The van der Waals surface area contributed by atoms with Gasteiger partial charge < -0.3 is 29.3 Å². The zero-order valence-corrected chi connectivity index (χ0v) is 20.7. The van der Waals surface area contributed by atoms with Crippen molar-refractivity contribution < 1.29 is 19.0 Å². The first-order valence-electron chi connectivity index (χ1n) is 12.6. The number of hydrogen-bond donors (Lipinski definition) is 1. The highest BCUT2D eigenvalue weighted by molar-refractivity contribution is 5.82. The minimum absolute atomic E-state index is 0.0915. The Balaban J connectivity index is 1.33. The third-order valence-electron chi connectivity index (χ3n) is 7.53. The van der Waals surface area contributed by atoms with Gasteiger partial charge in [0.05, 0.1) is 39.4 Å². The Morgan fingerprint density at radius 2 is 1.74 bits per heavy atom. The maximum Gasteiger partial charge on any atom is 0.225 e. The molecule has 0 radical (unpaired) electrons. The smallest absolute Gasteiger partial charge is 0.225 e. The van der Waals surface area contributed by atoms with Crippen molar-refractivity contribution in [2.75, 3.05) is 83.0 Å². The fourth-order valence-electron chi connectivity index (χ4n) is 5.53. The second kappa shape index (κ2) is 10.7. The standard InChI is InChI=1S/C27H36N4O4/c1-33-22-7-4-21(5-8-22)30-11-12-31-25-18-23(34-2)6-3-20(25)17-24(26(31)19-30)27(32)28-9-10-29-13-15-35-16-14-29/h3-8,18,24,26H,9-17,19H2,1-2H3,(H,28,32)/t24-,26+/m1/s1. The number of benzene rings is 2. The molecule has 2 aromatic carbocycles. The van der Waals surface area contributed by atoms with Crippen LogP contribution in [0.5, 0.6) is 11.5 Å². The van der Waals surface area contributed by atoms with E-state index in [1.165, 1.54) is 11.3 Å². The van der Waals surface area contributed by atoms with Crippen molar-refractivity contribution in [1.82, 2.24) is 10.2 Å². The average molecular weight is 481 g/mol. The summed E-state index contributed by atoms with van der Waals surface area (Å²) in [4.78, 5) is 20.7. The summed E-state index contributed by atoms with van der Waals surface area (Å²) >= 11 is 0. The van der Waals surface area contributed by atoms with Crippen LogP contribution in [0, 0.1) is 5.92 Å². The summed E-state index contributed by atoms with van der Waals surface area (Å²) in [6.07, 6.45) is 0.736. The lowest BCUT2D eigenvalue weighted by molar-refractivity contribution is -0.125. The van der Waals surface area contributed by atoms with Gasteiger partial charge in [0.25, 0.3) is 0 Å². The number of piperazine rings is 1. The van der Waals surface area contributed by atoms with Crippen molar-refractivity contribution in [3.05, 3.63) is 48.0 Å². The highest BCUT2D eigenvalue weighted by Gasteiger charge is 2.41. The van der Waals surface area contributed by atoms with E-state index in [2.05, 4.69) is 44.3 Å². The van der Waals surface area contributed by atoms with Gasteiger partial charge in [-0.1, -0.05) is 6.07 Å². The Labute approximate surface area is 207 Å². The summed E-state index contributed by atoms with van der Waals surface area (Å²) in [6, 6.07) is 14.5. The van der Waals surface area contributed by atoms with Gasteiger partial charge in [-0.25, -0.2) is 0 Å². The lowest BCUT2D eigenvalue weighted by Gasteiger charge is -2.49. The Morgan fingerprint density at radius 1 is 1.00 bits per heavy atom. The van der Waals surface area contributed by atoms with E-state index >= 15 is 0 Å². The Morgan fingerprint density at radius 3 is 2.49 bits per heavy atom. The van der Waals surface area contributed by atoms with E-state index in [-0.39, 0.29) is 17.9 Å². The number of nitrogens with zero attached hydrogens (tertiary/aromatic N) is 3. The van der Waals surface area contributed by atoms with Crippen LogP contribution < -0.4 is 24.6 Å². The van der Waals surface area contributed by atoms with Crippen LogP contribution >= 0.6 is 0 Å². The fraction of sp³-hybridized carbons (Fsp3) is 0.519. The lowest BCUT2D eigenvalue weighted by Crippen LogP contribution is -2.61. The van der Waals surface area contributed by atoms with Crippen LogP contribution in [0.1, 0.15) is 5.56 Å². The van der Waals surface area contributed by atoms with E-state index in [1.54, 1.807) is 14.2 Å². The van der Waals surface area contributed by atoms with Gasteiger partial charge in [0, 0.05) is 63.3 Å². The molecule has 0 aromatic heterocycles. The molecule has 1 amide bonds. The molecular formula is C27H36N4O4. The van der Waals surface area contributed by atoms with Crippen molar-refractivity contribution in [2.45, 2.75) is 12.5 Å². The number of rotatable bonds is 7. The summed E-state index contributed by atoms with van der Waals surface area (Å²) in [6.45, 7) is 7.49. The molecule has 188 valence electrons. The van der Waals surface area contributed by atoms with Crippen molar-refractivity contribution in [1.29, 1.82) is 0 Å². The van der Waals surface area contributed by atoms with Gasteiger partial charge in [-0.2, -0.15) is 0 Å². The number of hydrogen-bond acceptors (Lipinski definition) is 7. The molecule has 0 unspecified atom stereocenters. The molecule has 8 nitrogen and oxygen atoms in total. The van der Waals surface area contributed by atoms with Gasteiger partial charge >= 0.3 is 0 Å². The van der Waals surface area contributed by atoms with Crippen LogP contribution in [0.2, 0.25) is 0 Å². The van der Waals surface area contributed by atoms with Crippen molar-refractivity contribution in [2.24, 2.45) is 5.92 Å². The molecule has 0 saturated carbocycles. The molecule has 2 fully saturated rings. The molecule has 2 saturated heterocycles. The first kappa shape index (κ1) is 23.8. The van der Waals surface area contributed by atoms with Crippen molar-refractivity contribution in [3.8, 4) is 11.5 Å². The number of methoxy groups -OCH3 is 2. The molecule has 2 aromatic rings. The predicted octanol–water partition coefficient (Wildman–Crippen LogP) is 2.02. The molecule has 0 aliphatic carbocycles. The first-order chi connectivity index (χ1) is 17.2. The zero-order valence-electron chi connectivity index (χ0n) is 20.7. The number of carbonyl (C=O) groups is 1. The summed E-state index contributed by atoms with van der Waals surface area (Å²) in [5.41, 5.74) is 3.57. The van der Waals surface area contributed by atoms with E-state index in [0.29, 0.717) is 6.54 Å². The summed E-state index contributed by atoms with van der Waals surface area (Å²) in [7, 11) is 3.39. The van der Waals surface area contributed by atoms with Gasteiger partial charge in [-0.15, -0.1) is 0 Å². The third-order valence-corrected chi connectivity index (χ3v) is 7.53. The molecule has 3 heterocycles. The molecule has 35 heavy (non-hydrogen) atoms. The molecule has 8 heteroatoms. The minimum atomic E-state index is -0.110. The Kier molecular flexibility index (Phi) is 7.29. The van der Waals surface area contributed by atoms with E-state index in [1.807, 2.05) is 18.2 Å². The lowest BCUT2D eigenvalue weighted by atomic mass is 9.83. The van der Waals surface area contributed by atoms with Crippen LogP contribution in [-0.2, 0) is 16.0 Å². The number of amides is 1. The molecular weight excluding hydrogens is 444 g/mol. The van der Waals surface area contributed by atoms with Gasteiger partial charge in [-0.3, -0.25) is 9.69 Å². The quantitative estimate of drug-likeness (QED) is 0.651. The number of fused-ring (bicyclic) bond motifs is 3. The number of anilines is 2. The SMILES string of the molecule is COc1ccc(N2CCN3c4cc(OC)ccc4C[C@@H](C(=O)NCCN4CCOCC4)[C@@H]3C2)cc1. The minimum Gasteiger partial charge on any atom is -0.497 e. The van der Waals surface area contributed by atoms with Gasteiger partial charge in [-0.05, 0) is 42.3 Å². The average Bonchev–Trinajstić information content (AvgIpc) is 2.92. The molecule has 5 rings (SSSR count). The van der Waals surface area contributed by atoms with Crippen LogP contribution in [-0.4, -0.2) is 90.1 Å². The van der Waals surface area contributed by atoms with Gasteiger partial charge in [0.1, 0.15) is 11.5 Å². The summed E-state index contributed by atoms with van der Waals surface area (Å²) < 4.78 is 16.3. The fourth-order valence-corrected chi connectivity index (χ4v) is 5.53. The largest absolute Gasteiger partial charge is 0.497 e. The Bertz CT molecular complexity index is 1010. The second-order valence-electron chi connectivity index (χ2n) is 9.46. The third kappa shape index (κ3) is 5.18. The van der Waals surface area contributed by atoms with Crippen LogP contribution in [0.25, 0.3) is 0 Å². The van der Waals surface area contributed by atoms with E-state index in [0.717, 1.165) is 76.1 Å². The Hall–Kier alpha value is -2.97. The number of ether oxygens (including phenoxy) is 3. The monoisotopic (exact) mass is 480 g/mol. The molecule has 3 aliphatic heterocycles. The molecule has 2 atom stereocenters. The highest BCUT2D eigenvalue weighted by Crippen LogP contribution is 2.39. The zero-order chi connectivity index (χ0) is 24.2. The molecule has 1 N–H and O–H groups in total. The van der Waals surface area contributed by atoms with Crippen LogP contribution in [0.3, 0.4) is 0 Å². The maximum atomic E-state index is 13.5. The molecule has 0 bridgehead atoms. The molecule has 3 aliphatic rings. The normalized spacial score (nSPS) is 22.2. The first-order valence-corrected chi connectivity index (χ1v) is 12.6. The predicted molar refractivity (Wildman–Crippen MR) is 137 cm³/mol. The van der Waals surface area contributed by atoms with Gasteiger partial charge in [0.15, 0.2) is 0 Å². The second-order valence-corrected chi connectivity index (χ2v) is 9.46. The van der Waals surface area contributed by atoms with Crippen LogP contribution in [0.15, 0.2) is 42.5 Å². The number of carbonyl (C=O) groups excluding carboxylic acids is 1. The number of nitrogens with one attached hydrogen (secondary N) is 1. The summed E-state index contributed by atoms with van der Waals surface area (Å²) in [5, 5.41) is 3.25. The van der Waals surface area contributed by atoms with Crippen molar-refractivity contribution in [3.63, 3.8) is 0 Å². The van der Waals surface area contributed by atoms with Crippen LogP contribution in [0.4, 0.5) is 11.4 Å². The molecule has 0 spiro atoms. The van der Waals surface area contributed by atoms with E-state index < -0.39 is 0 Å². The highest BCUT2D eigenvalue weighted by atomic mass is 16.5. The van der Waals surface area contributed by atoms with E-state index in [4.69, 9.17) is 14.2 Å². The number of morpholine rings is 1. The summed E-state index contributed by atoms with van der Waals surface area (Å²) in [5.74, 6) is 1.74. The van der Waals surface area contributed by atoms with E-state index in [9.17, 15) is 4.79 Å². The van der Waals surface area contributed by atoms with Crippen molar-refractivity contribution >= 4 is 17.3 Å². The topological polar surface area (TPSA) is 66.5 Å².